The number of nitrogens with zero attached hydrogens (tertiary/aromatic N) is 2. The Morgan fingerprint density at radius 1 is 1.29 bits per heavy atom. The van der Waals surface area contributed by atoms with Crippen molar-refractivity contribution in [3.8, 4) is 0 Å². The van der Waals surface area contributed by atoms with Crippen molar-refractivity contribution < 1.29 is 22.7 Å². The molecular formula is C12H14BrFN2O4S. The van der Waals surface area contributed by atoms with Crippen LogP contribution in [0.15, 0.2) is 23.1 Å². The van der Waals surface area contributed by atoms with Crippen molar-refractivity contribution in [2.24, 2.45) is 0 Å². The van der Waals surface area contributed by atoms with Gasteiger partial charge in [-0.05, 0) is 17.7 Å². The maximum absolute atomic E-state index is 13.4. The third-order valence-corrected chi connectivity index (χ3v) is 5.89. The van der Waals surface area contributed by atoms with Crippen LogP contribution in [-0.4, -0.2) is 55.0 Å². The van der Waals surface area contributed by atoms with Crippen LogP contribution in [0.5, 0.6) is 0 Å². The summed E-state index contributed by atoms with van der Waals surface area (Å²) in [4.78, 5) is 11.9. The molecular weight excluding hydrogens is 367 g/mol. The zero-order valence-electron chi connectivity index (χ0n) is 11.0. The monoisotopic (exact) mass is 380 g/mol. The molecule has 1 aromatic carbocycles. The maximum atomic E-state index is 13.4. The van der Waals surface area contributed by atoms with Crippen LogP contribution < -0.4 is 0 Å². The second kappa shape index (κ2) is 6.29. The second-order valence-electron chi connectivity index (χ2n) is 4.56. The highest BCUT2D eigenvalue weighted by molar-refractivity contribution is 9.08. The molecule has 1 aliphatic rings. The van der Waals surface area contributed by atoms with Crippen LogP contribution in [0.1, 0.15) is 5.56 Å². The first-order chi connectivity index (χ1) is 9.86. The van der Waals surface area contributed by atoms with Gasteiger partial charge in [-0.1, -0.05) is 22.0 Å². The number of hydrogen-bond donors (Lipinski definition) is 1. The Labute approximate surface area is 130 Å². The van der Waals surface area contributed by atoms with Gasteiger partial charge in [0.2, 0.25) is 10.0 Å². The fourth-order valence-electron chi connectivity index (χ4n) is 2.14. The predicted octanol–water partition coefficient (Wildman–Crippen LogP) is 1.70. The number of hydrogen-bond acceptors (Lipinski definition) is 3. The van der Waals surface area contributed by atoms with E-state index < -0.39 is 21.9 Å². The van der Waals surface area contributed by atoms with Gasteiger partial charge >= 0.3 is 6.09 Å². The van der Waals surface area contributed by atoms with Crippen LogP contribution in [0.3, 0.4) is 0 Å². The minimum atomic E-state index is -3.83. The molecule has 1 heterocycles. The summed E-state index contributed by atoms with van der Waals surface area (Å²) < 4.78 is 39.7. The van der Waals surface area contributed by atoms with Crippen molar-refractivity contribution in [2.45, 2.75) is 10.2 Å². The average Bonchev–Trinajstić information content (AvgIpc) is 2.47. The summed E-state index contributed by atoms with van der Waals surface area (Å²) in [5.74, 6) is -0.623. The minimum Gasteiger partial charge on any atom is -0.465 e. The molecule has 0 unspecified atom stereocenters. The fraction of sp³-hybridized carbons (Fsp3) is 0.417. The fourth-order valence-corrected chi connectivity index (χ4v) is 4.47. The van der Waals surface area contributed by atoms with Gasteiger partial charge in [-0.3, -0.25) is 0 Å². The highest BCUT2D eigenvalue weighted by Crippen LogP contribution is 2.24. The van der Waals surface area contributed by atoms with E-state index in [1.165, 1.54) is 16.4 Å². The van der Waals surface area contributed by atoms with E-state index in [9.17, 15) is 17.6 Å². The molecule has 0 bridgehead atoms. The SMILES string of the molecule is O=C(O)N1CCN(S(=O)(=O)c2cc(F)ccc2CBr)CC1. The Kier molecular flexibility index (Phi) is 4.84. The quantitative estimate of drug-likeness (QED) is 0.809. The summed E-state index contributed by atoms with van der Waals surface area (Å²) in [6, 6.07) is 3.62. The summed E-state index contributed by atoms with van der Waals surface area (Å²) in [5.41, 5.74) is 0.470. The summed E-state index contributed by atoms with van der Waals surface area (Å²) in [6.45, 7) is 0.334. The number of halogens is 2. The van der Waals surface area contributed by atoms with Crippen LogP contribution in [0.4, 0.5) is 9.18 Å². The molecule has 0 spiro atoms. The third-order valence-electron chi connectivity index (χ3n) is 3.30. The van der Waals surface area contributed by atoms with E-state index in [0.29, 0.717) is 5.56 Å². The van der Waals surface area contributed by atoms with Gasteiger partial charge in [-0.2, -0.15) is 4.31 Å². The number of carbonyl (C=O) groups is 1. The summed E-state index contributed by atoms with van der Waals surface area (Å²) in [5, 5.41) is 9.15. The molecule has 1 N–H and O–H groups in total. The van der Waals surface area contributed by atoms with Gasteiger partial charge in [0, 0.05) is 31.5 Å². The molecule has 0 aromatic heterocycles. The van der Waals surface area contributed by atoms with Crippen molar-refractivity contribution in [3.63, 3.8) is 0 Å². The van der Waals surface area contributed by atoms with Crippen molar-refractivity contribution in [3.05, 3.63) is 29.6 Å². The highest BCUT2D eigenvalue weighted by atomic mass is 79.9. The lowest BCUT2D eigenvalue weighted by atomic mass is 10.2. The lowest BCUT2D eigenvalue weighted by Crippen LogP contribution is -2.50. The number of amides is 1. The molecule has 1 aromatic rings. The molecule has 0 aliphatic carbocycles. The smallest absolute Gasteiger partial charge is 0.407 e. The number of carboxylic acid groups (broad SMARTS) is 1. The van der Waals surface area contributed by atoms with Crippen LogP contribution in [-0.2, 0) is 15.4 Å². The van der Waals surface area contributed by atoms with Crippen LogP contribution in [0.2, 0.25) is 0 Å². The van der Waals surface area contributed by atoms with Gasteiger partial charge in [-0.15, -0.1) is 0 Å². The topological polar surface area (TPSA) is 77.9 Å². The van der Waals surface area contributed by atoms with E-state index in [2.05, 4.69) is 15.9 Å². The molecule has 1 aliphatic heterocycles. The average molecular weight is 381 g/mol. The first-order valence-corrected chi connectivity index (χ1v) is 8.75. The second-order valence-corrected chi connectivity index (χ2v) is 7.03. The van der Waals surface area contributed by atoms with E-state index in [-0.39, 0.29) is 36.4 Å². The highest BCUT2D eigenvalue weighted by Gasteiger charge is 2.31. The molecule has 0 radical (unpaired) electrons. The van der Waals surface area contributed by atoms with Gasteiger partial charge in [0.15, 0.2) is 0 Å². The molecule has 0 saturated carbocycles. The van der Waals surface area contributed by atoms with Gasteiger partial charge in [-0.25, -0.2) is 17.6 Å². The molecule has 1 fully saturated rings. The van der Waals surface area contributed by atoms with Crippen LogP contribution >= 0.6 is 15.9 Å². The molecule has 21 heavy (non-hydrogen) atoms. The molecule has 1 saturated heterocycles. The maximum Gasteiger partial charge on any atom is 0.407 e. The van der Waals surface area contributed by atoms with Gasteiger partial charge in [0.25, 0.3) is 0 Å². The molecule has 116 valence electrons. The summed E-state index contributed by atoms with van der Waals surface area (Å²) >= 11 is 3.19. The standard InChI is InChI=1S/C12H14BrFN2O4S/c13-8-9-1-2-10(14)7-11(9)21(19,20)16-5-3-15(4-6-16)12(17)18/h1-2,7H,3-6,8H2,(H,17,18). The first kappa shape index (κ1) is 16.2. The molecule has 2 rings (SSSR count). The Balaban J connectivity index is 2.27. The zero-order valence-corrected chi connectivity index (χ0v) is 13.4. The van der Waals surface area contributed by atoms with Gasteiger partial charge in [0.1, 0.15) is 5.82 Å². The van der Waals surface area contributed by atoms with Gasteiger partial charge < -0.3 is 10.0 Å². The van der Waals surface area contributed by atoms with Gasteiger partial charge in [0.05, 0.1) is 4.90 Å². The predicted molar refractivity (Wildman–Crippen MR) is 77.4 cm³/mol. The lowest BCUT2D eigenvalue weighted by Gasteiger charge is -2.32. The first-order valence-electron chi connectivity index (χ1n) is 6.18. The van der Waals surface area contributed by atoms with E-state index in [4.69, 9.17) is 5.11 Å². The van der Waals surface area contributed by atoms with Crippen LogP contribution in [0.25, 0.3) is 0 Å². The Hall–Kier alpha value is -1.19. The normalized spacial score (nSPS) is 17.0. The van der Waals surface area contributed by atoms with E-state index >= 15 is 0 Å². The van der Waals surface area contributed by atoms with E-state index in [1.54, 1.807) is 0 Å². The Bertz CT molecular complexity index is 645. The molecule has 0 atom stereocenters. The number of benzene rings is 1. The van der Waals surface area contributed by atoms with Crippen molar-refractivity contribution in [1.29, 1.82) is 0 Å². The summed E-state index contributed by atoms with van der Waals surface area (Å²) in [7, 11) is -3.83. The summed E-state index contributed by atoms with van der Waals surface area (Å²) in [6.07, 6.45) is -1.07. The number of rotatable bonds is 3. The van der Waals surface area contributed by atoms with Crippen LogP contribution in [0, 0.1) is 5.82 Å². The van der Waals surface area contributed by atoms with Crippen molar-refractivity contribution in [1.82, 2.24) is 9.21 Å². The Morgan fingerprint density at radius 2 is 1.90 bits per heavy atom. The van der Waals surface area contributed by atoms with Crippen molar-refractivity contribution in [2.75, 3.05) is 26.2 Å². The molecule has 6 nitrogen and oxygen atoms in total. The largest absolute Gasteiger partial charge is 0.465 e. The minimum absolute atomic E-state index is 0.0624. The third kappa shape index (κ3) is 3.35. The Morgan fingerprint density at radius 3 is 2.43 bits per heavy atom. The number of piperazine rings is 1. The number of sulfonamides is 1. The zero-order chi connectivity index (χ0) is 15.6. The number of alkyl halides is 1. The van der Waals surface area contributed by atoms with Crippen molar-refractivity contribution >= 4 is 32.0 Å². The molecule has 9 heteroatoms. The molecule has 1 amide bonds. The lowest BCUT2D eigenvalue weighted by molar-refractivity contribution is 0.126. The van der Waals surface area contributed by atoms with E-state index in [1.807, 2.05) is 0 Å². The van der Waals surface area contributed by atoms with E-state index in [0.717, 1.165) is 11.0 Å².